The highest BCUT2D eigenvalue weighted by Crippen LogP contribution is 2.36. The van der Waals surface area contributed by atoms with E-state index < -0.39 is 11.7 Å². The van der Waals surface area contributed by atoms with E-state index in [1.807, 2.05) is 6.92 Å². The predicted octanol–water partition coefficient (Wildman–Crippen LogP) is 4.05. The van der Waals surface area contributed by atoms with Crippen LogP contribution in [0.15, 0.2) is 30.5 Å². The lowest BCUT2D eigenvalue weighted by atomic mass is 10.2. The molecule has 96 valence electrons. The summed E-state index contributed by atoms with van der Waals surface area (Å²) in [5, 5.41) is 0.657. The predicted molar refractivity (Wildman–Crippen MR) is 62.6 cm³/mol. The van der Waals surface area contributed by atoms with Gasteiger partial charge in [-0.3, -0.25) is 0 Å². The van der Waals surface area contributed by atoms with Crippen LogP contribution >= 0.6 is 11.3 Å². The third-order valence-corrected chi connectivity index (χ3v) is 3.10. The van der Waals surface area contributed by atoms with Crippen LogP contribution in [0.4, 0.5) is 13.2 Å². The molecule has 2 nitrogen and oxygen atoms in total. The van der Waals surface area contributed by atoms with Crippen molar-refractivity contribution in [2.75, 3.05) is 0 Å². The molecule has 1 heterocycles. The topological polar surface area (TPSA) is 22.1 Å². The Bertz CT molecular complexity index is 536. The second kappa shape index (κ2) is 4.97. The molecule has 0 radical (unpaired) electrons. The number of benzene rings is 1. The molecule has 2 aromatic rings. The maximum atomic E-state index is 12.7. The molecule has 2 rings (SSSR count). The Hall–Kier alpha value is -1.56. The molecule has 0 bridgehead atoms. The Kier molecular flexibility index (Phi) is 3.56. The Morgan fingerprint density at radius 2 is 2.00 bits per heavy atom. The van der Waals surface area contributed by atoms with E-state index in [0.29, 0.717) is 5.01 Å². The maximum Gasteiger partial charge on any atom is 0.419 e. The number of ether oxygens (including phenoxy) is 1. The van der Waals surface area contributed by atoms with Crippen LogP contribution in [0.1, 0.15) is 15.4 Å². The van der Waals surface area contributed by atoms with Crippen LogP contribution in [0.5, 0.6) is 5.75 Å². The molecule has 0 amide bonds. The lowest BCUT2D eigenvalue weighted by Crippen LogP contribution is -2.08. The number of aromatic nitrogens is 1. The van der Waals surface area contributed by atoms with E-state index in [9.17, 15) is 13.2 Å². The van der Waals surface area contributed by atoms with Gasteiger partial charge >= 0.3 is 6.18 Å². The van der Waals surface area contributed by atoms with Crippen molar-refractivity contribution in [2.24, 2.45) is 0 Å². The molecule has 0 fully saturated rings. The molecular weight excluding hydrogens is 263 g/mol. The normalized spacial score (nSPS) is 11.6. The monoisotopic (exact) mass is 273 g/mol. The third-order valence-electron chi connectivity index (χ3n) is 2.21. The summed E-state index contributed by atoms with van der Waals surface area (Å²) in [6.45, 7) is 1.93. The van der Waals surface area contributed by atoms with Crippen molar-refractivity contribution in [3.63, 3.8) is 0 Å². The van der Waals surface area contributed by atoms with E-state index in [1.54, 1.807) is 6.20 Å². The van der Waals surface area contributed by atoms with E-state index in [-0.39, 0.29) is 12.4 Å². The van der Waals surface area contributed by atoms with Gasteiger partial charge in [-0.1, -0.05) is 12.1 Å². The first kappa shape index (κ1) is 12.9. The van der Waals surface area contributed by atoms with E-state index in [1.165, 1.54) is 29.5 Å². The number of hydrogen-bond donors (Lipinski definition) is 0. The lowest BCUT2D eigenvalue weighted by molar-refractivity contribution is -0.139. The zero-order valence-corrected chi connectivity index (χ0v) is 10.3. The molecular formula is C12H10F3NOS. The van der Waals surface area contributed by atoms with Gasteiger partial charge in [-0.25, -0.2) is 4.98 Å². The van der Waals surface area contributed by atoms with Gasteiger partial charge in [0, 0.05) is 11.1 Å². The van der Waals surface area contributed by atoms with Gasteiger partial charge in [-0.2, -0.15) is 13.2 Å². The molecule has 0 aliphatic carbocycles. The molecule has 0 unspecified atom stereocenters. The number of rotatable bonds is 3. The van der Waals surface area contributed by atoms with Crippen molar-refractivity contribution in [1.82, 2.24) is 4.98 Å². The maximum absolute atomic E-state index is 12.7. The van der Waals surface area contributed by atoms with Gasteiger partial charge in [0.2, 0.25) is 0 Å². The summed E-state index contributed by atoms with van der Waals surface area (Å²) < 4.78 is 43.2. The molecule has 0 saturated heterocycles. The highest BCUT2D eigenvalue weighted by atomic mass is 32.1. The standard InChI is InChI=1S/C12H10F3NOS/c1-8-6-16-11(18-8)7-17-10-5-3-2-4-9(10)12(13,14)15/h2-6H,7H2,1H3. The fourth-order valence-electron chi connectivity index (χ4n) is 1.43. The van der Waals surface area contributed by atoms with Gasteiger partial charge < -0.3 is 4.74 Å². The summed E-state index contributed by atoms with van der Waals surface area (Å²) >= 11 is 1.40. The zero-order valence-electron chi connectivity index (χ0n) is 9.49. The van der Waals surface area contributed by atoms with Gasteiger partial charge in [0.25, 0.3) is 0 Å². The summed E-state index contributed by atoms with van der Waals surface area (Å²) in [4.78, 5) is 5.03. The van der Waals surface area contributed by atoms with Crippen LogP contribution in [0, 0.1) is 6.92 Å². The number of aryl methyl sites for hydroxylation is 1. The van der Waals surface area contributed by atoms with Crippen LogP contribution in [-0.4, -0.2) is 4.98 Å². The molecule has 0 atom stereocenters. The third kappa shape index (κ3) is 3.01. The lowest BCUT2D eigenvalue weighted by Gasteiger charge is -2.12. The number of para-hydroxylation sites is 1. The largest absolute Gasteiger partial charge is 0.486 e. The van der Waals surface area contributed by atoms with E-state index >= 15 is 0 Å². The second-order valence-corrected chi connectivity index (χ2v) is 4.97. The number of nitrogens with zero attached hydrogens (tertiary/aromatic N) is 1. The number of alkyl halides is 3. The highest BCUT2D eigenvalue weighted by Gasteiger charge is 2.34. The Balaban J connectivity index is 2.14. The van der Waals surface area contributed by atoms with Gasteiger partial charge in [0.1, 0.15) is 17.4 Å². The average molecular weight is 273 g/mol. The first-order valence-corrected chi connectivity index (χ1v) is 5.99. The summed E-state index contributed by atoms with van der Waals surface area (Å²) in [6.07, 6.45) is -2.74. The minimum Gasteiger partial charge on any atom is -0.486 e. The van der Waals surface area contributed by atoms with Crippen LogP contribution in [0.2, 0.25) is 0 Å². The summed E-state index contributed by atoms with van der Waals surface area (Å²) in [5.74, 6) is -0.169. The summed E-state index contributed by atoms with van der Waals surface area (Å²) in [7, 11) is 0. The Labute approximate surface area is 106 Å². The highest BCUT2D eigenvalue weighted by molar-refractivity contribution is 7.11. The average Bonchev–Trinajstić information content (AvgIpc) is 2.72. The van der Waals surface area contributed by atoms with Crippen LogP contribution in [-0.2, 0) is 12.8 Å². The van der Waals surface area contributed by atoms with Gasteiger partial charge in [0.15, 0.2) is 0 Å². The van der Waals surface area contributed by atoms with Crippen LogP contribution < -0.4 is 4.74 Å². The van der Waals surface area contributed by atoms with Crippen molar-refractivity contribution in [2.45, 2.75) is 19.7 Å². The summed E-state index contributed by atoms with van der Waals surface area (Å²) in [5.41, 5.74) is -0.765. The molecule has 1 aromatic heterocycles. The Morgan fingerprint density at radius 1 is 1.28 bits per heavy atom. The van der Waals surface area contributed by atoms with E-state index in [4.69, 9.17) is 4.74 Å². The van der Waals surface area contributed by atoms with Crippen LogP contribution in [0.3, 0.4) is 0 Å². The van der Waals surface area contributed by atoms with E-state index in [2.05, 4.69) is 4.98 Å². The SMILES string of the molecule is Cc1cnc(COc2ccccc2C(F)(F)F)s1. The molecule has 6 heteroatoms. The van der Waals surface area contributed by atoms with E-state index in [0.717, 1.165) is 10.9 Å². The number of halogens is 3. The molecule has 0 saturated carbocycles. The number of hydrogen-bond acceptors (Lipinski definition) is 3. The Morgan fingerprint density at radius 3 is 2.61 bits per heavy atom. The minimum atomic E-state index is -4.41. The fraction of sp³-hybridized carbons (Fsp3) is 0.250. The molecule has 1 aromatic carbocycles. The molecule has 0 N–H and O–H groups in total. The van der Waals surface area contributed by atoms with Crippen LogP contribution in [0.25, 0.3) is 0 Å². The number of thiazole rings is 1. The smallest absolute Gasteiger partial charge is 0.419 e. The van der Waals surface area contributed by atoms with Crippen molar-refractivity contribution in [3.8, 4) is 5.75 Å². The van der Waals surface area contributed by atoms with Gasteiger partial charge in [-0.15, -0.1) is 11.3 Å². The minimum absolute atomic E-state index is 0.0472. The summed E-state index contributed by atoms with van der Waals surface area (Å²) in [6, 6.07) is 5.16. The fourth-order valence-corrected chi connectivity index (χ4v) is 2.13. The van der Waals surface area contributed by atoms with Crippen molar-refractivity contribution < 1.29 is 17.9 Å². The first-order chi connectivity index (χ1) is 8.47. The molecule has 18 heavy (non-hydrogen) atoms. The van der Waals surface area contributed by atoms with Crippen molar-refractivity contribution in [1.29, 1.82) is 0 Å². The quantitative estimate of drug-likeness (QED) is 0.841. The first-order valence-electron chi connectivity index (χ1n) is 5.17. The molecule has 0 spiro atoms. The zero-order chi connectivity index (χ0) is 13.2. The van der Waals surface area contributed by atoms with Crippen molar-refractivity contribution >= 4 is 11.3 Å². The molecule has 0 aliphatic rings. The van der Waals surface area contributed by atoms with Crippen molar-refractivity contribution in [3.05, 3.63) is 45.9 Å². The molecule has 0 aliphatic heterocycles. The van der Waals surface area contributed by atoms with Gasteiger partial charge in [0.05, 0.1) is 5.56 Å². The second-order valence-electron chi connectivity index (χ2n) is 3.65. The van der Waals surface area contributed by atoms with Gasteiger partial charge in [-0.05, 0) is 19.1 Å².